The van der Waals surface area contributed by atoms with Crippen LogP contribution < -0.4 is 36.3 Å². The summed E-state index contributed by atoms with van der Waals surface area (Å²) in [7, 11) is -14.9. The number of unbranched alkanes of at least 4 members (excludes halogenated alkanes) is 2. The molecule has 7 aromatic rings. The van der Waals surface area contributed by atoms with Crippen LogP contribution in [0.1, 0.15) is 26.2 Å². The summed E-state index contributed by atoms with van der Waals surface area (Å²) in [5.41, 5.74) is 0. The maximum absolute atomic E-state index is 8.42. The first-order valence-electron chi connectivity index (χ1n) is 19.3. The molecule has 55 heavy (non-hydrogen) atoms. The van der Waals surface area contributed by atoms with Gasteiger partial charge in [-0.25, -0.2) is 0 Å². The van der Waals surface area contributed by atoms with E-state index < -0.39 is 34.2 Å². The molecule has 0 N–H and O–H groups in total. The lowest BCUT2D eigenvalue weighted by molar-refractivity contribution is 0.259. The van der Waals surface area contributed by atoms with Crippen LogP contribution in [0.5, 0.6) is 0 Å². The molecule has 0 radical (unpaired) electrons. The fourth-order valence-electron chi connectivity index (χ4n) is 7.77. The summed E-state index contributed by atoms with van der Waals surface area (Å²) in [4.78, 5) is 0. The zero-order valence-corrected chi connectivity index (χ0v) is 35.2. The van der Waals surface area contributed by atoms with E-state index >= 15 is 0 Å². The van der Waals surface area contributed by atoms with Gasteiger partial charge in [0.15, 0.2) is 0 Å². The highest BCUT2D eigenvalue weighted by atomic mass is 28.5. The van der Waals surface area contributed by atoms with Gasteiger partial charge in [0, 0.05) is 0 Å². The van der Waals surface area contributed by atoms with Gasteiger partial charge in [-0.15, -0.1) is 0 Å². The Hall–Kier alpha value is -4.75. The fraction of sp³-hybridized carbons (Fsp3) is 0.106. The van der Waals surface area contributed by atoms with E-state index in [0.29, 0.717) is 0 Å². The summed E-state index contributed by atoms with van der Waals surface area (Å²) in [6, 6.07) is 75.2. The van der Waals surface area contributed by atoms with Crippen molar-refractivity contribution in [1.82, 2.24) is 0 Å². The molecular formula is C47H46O4Si4. The monoisotopic (exact) mass is 786 g/mol. The van der Waals surface area contributed by atoms with Crippen LogP contribution in [0, 0.1) is 0 Å². The van der Waals surface area contributed by atoms with Gasteiger partial charge < -0.3 is 16.5 Å². The van der Waals surface area contributed by atoms with Crippen LogP contribution >= 0.6 is 0 Å². The highest BCUT2D eigenvalue weighted by molar-refractivity contribution is 7.14. The molecule has 1 fully saturated rings. The van der Waals surface area contributed by atoms with Crippen molar-refractivity contribution in [3.05, 3.63) is 212 Å². The van der Waals surface area contributed by atoms with E-state index in [0.717, 1.165) is 61.6 Å². The minimum atomic E-state index is -3.83. The van der Waals surface area contributed by atoms with E-state index in [4.69, 9.17) is 16.5 Å². The first-order valence-corrected chi connectivity index (χ1v) is 26.8. The molecule has 1 heterocycles. The molecule has 0 amide bonds. The molecule has 0 spiro atoms. The third-order valence-electron chi connectivity index (χ3n) is 10.4. The SMILES string of the molecule is CCCCC[Si]1(c2ccccc2)O[Si](c2ccccc2)(c2ccccc2)O[Si](c2ccccc2)(c2ccccc2)O[Si](c2ccccc2)(c2ccccc2)O1. The summed E-state index contributed by atoms with van der Waals surface area (Å²) in [5.74, 6) is 0. The van der Waals surface area contributed by atoms with Crippen LogP contribution in [0.3, 0.4) is 0 Å². The van der Waals surface area contributed by atoms with Gasteiger partial charge in [-0.2, -0.15) is 0 Å². The van der Waals surface area contributed by atoms with Crippen LogP contribution in [-0.4, -0.2) is 34.2 Å². The lowest BCUT2D eigenvalue weighted by atomic mass is 10.3. The summed E-state index contributed by atoms with van der Waals surface area (Å²) in [6.07, 6.45) is 3.07. The molecule has 0 aromatic heterocycles. The number of hydrogen-bond acceptors (Lipinski definition) is 4. The van der Waals surface area contributed by atoms with Crippen molar-refractivity contribution < 1.29 is 16.5 Å². The van der Waals surface area contributed by atoms with Crippen LogP contribution in [0.15, 0.2) is 212 Å². The second-order valence-electron chi connectivity index (χ2n) is 14.0. The van der Waals surface area contributed by atoms with Gasteiger partial charge >= 0.3 is 34.2 Å². The van der Waals surface area contributed by atoms with Gasteiger partial charge in [-0.3, -0.25) is 0 Å². The standard InChI is InChI=1S/C47H46O4Si4/c1-2-3-25-40-52(41-26-11-4-12-27-41)48-53(42-28-13-5-14-29-42,43-30-15-6-16-31-43)50-55(46-36-21-9-22-37-46,47-38-23-10-24-39-47)51-54(49-52,44-32-17-7-18-33-44)45-34-19-8-20-35-45/h4-24,26-39H,2-3,25,40H2,1H3. The molecule has 0 unspecified atom stereocenters. The van der Waals surface area contributed by atoms with E-state index in [-0.39, 0.29) is 0 Å². The number of rotatable bonds is 11. The summed E-state index contributed by atoms with van der Waals surface area (Å²) in [5, 5.41) is 7.17. The van der Waals surface area contributed by atoms with E-state index in [9.17, 15) is 0 Å². The average Bonchev–Trinajstić information content (AvgIpc) is 3.27. The second-order valence-corrected chi connectivity index (χ2v) is 27.0. The Morgan fingerprint density at radius 2 is 0.527 bits per heavy atom. The van der Waals surface area contributed by atoms with Gasteiger partial charge in [0.05, 0.1) is 0 Å². The molecule has 4 nitrogen and oxygen atoms in total. The van der Waals surface area contributed by atoms with Gasteiger partial charge in [0.25, 0.3) is 0 Å². The highest BCUT2D eigenvalue weighted by Crippen LogP contribution is 2.34. The molecule has 0 atom stereocenters. The molecule has 274 valence electrons. The van der Waals surface area contributed by atoms with E-state index in [1.54, 1.807) is 0 Å². The zero-order valence-electron chi connectivity index (χ0n) is 31.2. The molecule has 0 saturated carbocycles. The van der Waals surface area contributed by atoms with Gasteiger partial charge in [0.1, 0.15) is 0 Å². The zero-order chi connectivity index (χ0) is 37.4. The Kier molecular flexibility index (Phi) is 11.2. The minimum Gasteiger partial charge on any atom is -0.405 e. The van der Waals surface area contributed by atoms with E-state index in [2.05, 4.69) is 219 Å². The molecule has 7 aromatic carbocycles. The first-order chi connectivity index (χ1) is 27.1. The minimum absolute atomic E-state index is 0.742. The molecule has 1 saturated heterocycles. The number of benzene rings is 7. The van der Waals surface area contributed by atoms with Crippen LogP contribution in [0.2, 0.25) is 6.04 Å². The van der Waals surface area contributed by atoms with Crippen molar-refractivity contribution in [3.63, 3.8) is 0 Å². The smallest absolute Gasteiger partial charge is 0.390 e. The van der Waals surface area contributed by atoms with Crippen molar-refractivity contribution in [1.29, 1.82) is 0 Å². The topological polar surface area (TPSA) is 36.9 Å². The maximum Gasteiger partial charge on any atom is 0.390 e. The third kappa shape index (κ3) is 7.24. The number of hydrogen-bond donors (Lipinski definition) is 0. The van der Waals surface area contributed by atoms with Crippen LogP contribution in [-0.2, 0) is 16.5 Å². The quantitative estimate of drug-likeness (QED) is 0.113. The molecular weight excluding hydrogens is 741 g/mol. The maximum atomic E-state index is 8.42. The van der Waals surface area contributed by atoms with E-state index in [1.807, 2.05) is 0 Å². The lowest BCUT2D eigenvalue weighted by Gasteiger charge is -2.53. The Balaban J connectivity index is 1.56. The highest BCUT2D eigenvalue weighted by Gasteiger charge is 2.67. The van der Waals surface area contributed by atoms with Crippen LogP contribution in [0.4, 0.5) is 0 Å². The summed E-state index contributed by atoms with van der Waals surface area (Å²) >= 11 is 0. The van der Waals surface area contributed by atoms with Crippen molar-refractivity contribution in [2.24, 2.45) is 0 Å². The summed E-state index contributed by atoms with van der Waals surface area (Å²) in [6.45, 7) is 2.25. The molecule has 1 aliphatic rings. The van der Waals surface area contributed by atoms with Crippen molar-refractivity contribution >= 4 is 70.6 Å². The lowest BCUT2D eigenvalue weighted by Crippen LogP contribution is -2.86. The average molecular weight is 787 g/mol. The Morgan fingerprint density at radius 3 is 0.782 bits per heavy atom. The Bertz CT molecular complexity index is 2020. The fourth-order valence-corrected chi connectivity index (χ4v) is 30.8. The molecule has 1 aliphatic heterocycles. The van der Waals surface area contributed by atoms with Gasteiger partial charge in [-0.1, -0.05) is 239 Å². The van der Waals surface area contributed by atoms with Crippen molar-refractivity contribution in [2.45, 2.75) is 32.2 Å². The van der Waals surface area contributed by atoms with Gasteiger partial charge in [0.2, 0.25) is 0 Å². The Labute approximate surface area is 330 Å². The molecule has 0 bridgehead atoms. The van der Waals surface area contributed by atoms with Crippen molar-refractivity contribution in [3.8, 4) is 0 Å². The van der Waals surface area contributed by atoms with E-state index in [1.165, 1.54) is 0 Å². The largest absolute Gasteiger partial charge is 0.405 e. The second kappa shape index (κ2) is 16.5. The molecule has 0 aliphatic carbocycles. The predicted octanol–water partition coefficient (Wildman–Crippen LogP) is 6.38. The van der Waals surface area contributed by atoms with Crippen LogP contribution in [0.25, 0.3) is 0 Å². The normalized spacial score (nSPS) is 17.0. The van der Waals surface area contributed by atoms with Crippen molar-refractivity contribution in [2.75, 3.05) is 0 Å². The third-order valence-corrected chi connectivity index (χ3v) is 28.8. The first kappa shape index (κ1) is 37.2. The summed E-state index contributed by atoms with van der Waals surface area (Å²) < 4.78 is 33.6. The Morgan fingerprint density at radius 1 is 0.291 bits per heavy atom. The molecule has 8 rings (SSSR count). The molecule has 8 heteroatoms. The predicted molar refractivity (Wildman–Crippen MR) is 234 cm³/mol. The van der Waals surface area contributed by atoms with Gasteiger partial charge in [-0.05, 0) is 42.4 Å².